The number of nitrogens with two attached hydrogens (primary N) is 1. The third-order valence-corrected chi connectivity index (χ3v) is 4.74. The van der Waals surface area contributed by atoms with Gasteiger partial charge in [-0.3, -0.25) is 4.90 Å². The molecule has 0 bridgehead atoms. The van der Waals surface area contributed by atoms with Crippen LogP contribution in [0.2, 0.25) is 0 Å². The molecule has 0 unspecified atom stereocenters. The second-order valence-corrected chi connectivity index (χ2v) is 7.51. The third kappa shape index (κ3) is 2.95. The largest absolute Gasteiger partial charge is 0.477 e. The van der Waals surface area contributed by atoms with Gasteiger partial charge in [0.25, 0.3) is 0 Å². The van der Waals surface area contributed by atoms with Crippen molar-refractivity contribution in [2.45, 2.75) is 51.6 Å². The van der Waals surface area contributed by atoms with Crippen LogP contribution in [0.4, 0.5) is 16.2 Å². The quantitative estimate of drug-likeness (QED) is 0.862. The molecule has 7 nitrogen and oxygen atoms in total. The fourth-order valence-electron chi connectivity index (χ4n) is 3.88. The van der Waals surface area contributed by atoms with Crippen LogP contribution < -0.4 is 15.4 Å². The van der Waals surface area contributed by atoms with Gasteiger partial charge in [-0.1, -0.05) is 0 Å². The molecule has 0 aliphatic carbocycles. The number of pyridine rings is 1. The molecule has 0 saturated carbocycles. The van der Waals surface area contributed by atoms with Crippen molar-refractivity contribution in [3.63, 3.8) is 0 Å². The molecule has 132 valence electrons. The third-order valence-electron chi connectivity index (χ3n) is 4.74. The fourth-order valence-corrected chi connectivity index (χ4v) is 3.88. The van der Waals surface area contributed by atoms with Crippen LogP contribution >= 0.6 is 0 Å². The average molecular weight is 334 g/mol. The van der Waals surface area contributed by atoms with Gasteiger partial charge < -0.3 is 20.5 Å². The Bertz CT molecular complexity index is 641. The highest BCUT2D eigenvalue weighted by Gasteiger charge is 2.37. The minimum absolute atomic E-state index is 0.0539. The number of hydrogen-bond donors (Lipinski definition) is 2. The molecule has 0 aromatic carbocycles. The predicted octanol–water partition coefficient (Wildman–Crippen LogP) is 2.35. The van der Waals surface area contributed by atoms with E-state index in [1.54, 1.807) is 11.1 Å². The molecule has 1 saturated heterocycles. The number of anilines is 2. The van der Waals surface area contributed by atoms with Gasteiger partial charge in [-0.25, -0.2) is 9.78 Å². The van der Waals surface area contributed by atoms with Crippen molar-refractivity contribution in [2.24, 2.45) is 0 Å². The summed E-state index contributed by atoms with van der Waals surface area (Å²) < 4.78 is 5.55. The van der Waals surface area contributed by atoms with Crippen LogP contribution in [0.5, 0.6) is 5.88 Å². The van der Waals surface area contributed by atoms with Gasteiger partial charge in [-0.15, -0.1) is 0 Å². The zero-order valence-electron chi connectivity index (χ0n) is 14.6. The lowest BCUT2D eigenvalue weighted by atomic mass is 9.96. The second kappa shape index (κ2) is 6.03. The van der Waals surface area contributed by atoms with Crippen LogP contribution in [0.3, 0.4) is 0 Å². The SMILES string of the molecule is CC(C)(C)N(C(=O)O)[C@H]1CCCN(c2c(N)cnc3c2CCO3)C1. The van der Waals surface area contributed by atoms with Crippen molar-refractivity contribution >= 4 is 17.5 Å². The molecule has 2 aliphatic rings. The summed E-state index contributed by atoms with van der Waals surface area (Å²) >= 11 is 0. The van der Waals surface area contributed by atoms with Crippen molar-refractivity contribution in [3.8, 4) is 5.88 Å². The smallest absolute Gasteiger partial charge is 0.408 e. The molecule has 3 heterocycles. The number of hydrogen-bond acceptors (Lipinski definition) is 5. The summed E-state index contributed by atoms with van der Waals surface area (Å²) in [5.41, 5.74) is 8.43. The summed E-state index contributed by atoms with van der Waals surface area (Å²) in [5.74, 6) is 0.659. The summed E-state index contributed by atoms with van der Waals surface area (Å²) in [6.45, 7) is 7.95. The topological polar surface area (TPSA) is 91.9 Å². The number of carbonyl (C=O) groups is 1. The summed E-state index contributed by atoms with van der Waals surface area (Å²) in [5, 5.41) is 9.68. The van der Waals surface area contributed by atoms with E-state index in [0.29, 0.717) is 24.7 Å². The lowest BCUT2D eigenvalue weighted by Gasteiger charge is -2.45. The summed E-state index contributed by atoms with van der Waals surface area (Å²) in [7, 11) is 0. The Morgan fingerprint density at radius 3 is 2.92 bits per heavy atom. The van der Waals surface area contributed by atoms with Crippen LogP contribution in [-0.2, 0) is 6.42 Å². The minimum atomic E-state index is -0.870. The molecule has 3 N–H and O–H groups in total. The maximum Gasteiger partial charge on any atom is 0.408 e. The van der Waals surface area contributed by atoms with Crippen LogP contribution in [0.15, 0.2) is 6.20 Å². The van der Waals surface area contributed by atoms with Gasteiger partial charge in [-0.05, 0) is 33.6 Å². The summed E-state index contributed by atoms with van der Waals surface area (Å²) in [6.07, 6.45) is 3.37. The molecular formula is C17H26N4O3. The molecule has 0 spiro atoms. The molecule has 1 aromatic heterocycles. The van der Waals surface area contributed by atoms with Gasteiger partial charge in [0.05, 0.1) is 30.2 Å². The van der Waals surface area contributed by atoms with E-state index in [4.69, 9.17) is 10.5 Å². The number of amides is 1. The Hall–Kier alpha value is -2.18. The number of rotatable bonds is 2. The Balaban J connectivity index is 1.90. The molecule has 0 radical (unpaired) electrons. The first kappa shape index (κ1) is 16.7. The molecule has 1 aromatic rings. The van der Waals surface area contributed by atoms with E-state index < -0.39 is 11.6 Å². The van der Waals surface area contributed by atoms with Crippen molar-refractivity contribution < 1.29 is 14.6 Å². The van der Waals surface area contributed by atoms with Gasteiger partial charge >= 0.3 is 6.09 Å². The van der Waals surface area contributed by atoms with E-state index in [-0.39, 0.29) is 6.04 Å². The molecule has 24 heavy (non-hydrogen) atoms. The number of carboxylic acid groups (broad SMARTS) is 1. The van der Waals surface area contributed by atoms with E-state index in [9.17, 15) is 9.90 Å². The highest BCUT2D eigenvalue weighted by atomic mass is 16.5. The fraction of sp³-hybridized carbons (Fsp3) is 0.647. The van der Waals surface area contributed by atoms with Crippen LogP contribution in [0.1, 0.15) is 39.2 Å². The first-order valence-corrected chi connectivity index (χ1v) is 8.46. The number of aromatic nitrogens is 1. The highest BCUT2D eigenvalue weighted by Crippen LogP contribution is 2.38. The van der Waals surface area contributed by atoms with E-state index in [0.717, 1.165) is 37.1 Å². The van der Waals surface area contributed by atoms with Gasteiger partial charge in [0.1, 0.15) is 0 Å². The van der Waals surface area contributed by atoms with Crippen molar-refractivity contribution in [1.29, 1.82) is 0 Å². The maximum absolute atomic E-state index is 11.8. The summed E-state index contributed by atoms with van der Waals surface area (Å²) in [6, 6.07) is -0.0539. The van der Waals surface area contributed by atoms with Gasteiger partial charge in [0, 0.05) is 30.6 Å². The standard InChI is InChI=1S/C17H26N4O3/c1-17(2,3)21(16(22)23)11-5-4-7-20(10-11)14-12-6-8-24-15(12)19-9-13(14)18/h9,11H,4-8,10,18H2,1-3H3,(H,22,23)/t11-/m0/s1. The van der Waals surface area contributed by atoms with Crippen molar-refractivity contribution in [2.75, 3.05) is 30.3 Å². The molecule has 1 fully saturated rings. The molecule has 3 rings (SSSR count). The zero-order valence-corrected chi connectivity index (χ0v) is 14.6. The number of nitrogen functional groups attached to an aromatic ring is 1. The minimum Gasteiger partial charge on any atom is -0.477 e. The van der Waals surface area contributed by atoms with Crippen molar-refractivity contribution in [1.82, 2.24) is 9.88 Å². The monoisotopic (exact) mass is 334 g/mol. The maximum atomic E-state index is 11.8. The number of fused-ring (bicyclic) bond motifs is 1. The van der Waals surface area contributed by atoms with Gasteiger partial charge in [-0.2, -0.15) is 0 Å². The van der Waals surface area contributed by atoms with Crippen LogP contribution in [0.25, 0.3) is 0 Å². The Morgan fingerprint density at radius 2 is 2.25 bits per heavy atom. The molecule has 1 atom stereocenters. The molecular weight excluding hydrogens is 308 g/mol. The van der Waals surface area contributed by atoms with E-state index in [1.807, 2.05) is 20.8 Å². The first-order valence-electron chi connectivity index (χ1n) is 8.46. The predicted molar refractivity (Wildman–Crippen MR) is 92.7 cm³/mol. The molecule has 2 aliphatic heterocycles. The lowest BCUT2D eigenvalue weighted by molar-refractivity contribution is 0.0648. The Labute approximate surface area is 142 Å². The second-order valence-electron chi connectivity index (χ2n) is 7.51. The van der Waals surface area contributed by atoms with Gasteiger partial charge in [0.15, 0.2) is 0 Å². The zero-order chi connectivity index (χ0) is 17.5. The first-order chi connectivity index (χ1) is 11.3. The van der Waals surface area contributed by atoms with Crippen LogP contribution in [-0.4, -0.2) is 52.4 Å². The average Bonchev–Trinajstić information content (AvgIpc) is 2.93. The normalized spacial score (nSPS) is 20.5. The highest BCUT2D eigenvalue weighted by molar-refractivity contribution is 5.74. The number of piperidine rings is 1. The Morgan fingerprint density at radius 1 is 1.50 bits per heavy atom. The summed E-state index contributed by atoms with van der Waals surface area (Å²) in [4.78, 5) is 19.8. The van der Waals surface area contributed by atoms with Crippen molar-refractivity contribution in [3.05, 3.63) is 11.8 Å². The molecule has 7 heteroatoms. The Kier molecular flexibility index (Phi) is 4.19. The number of nitrogens with zero attached hydrogens (tertiary/aromatic N) is 3. The number of ether oxygens (including phenoxy) is 1. The van der Waals surface area contributed by atoms with E-state index >= 15 is 0 Å². The van der Waals surface area contributed by atoms with Crippen LogP contribution in [0, 0.1) is 0 Å². The van der Waals surface area contributed by atoms with Gasteiger partial charge in [0.2, 0.25) is 5.88 Å². The molecule has 1 amide bonds. The van der Waals surface area contributed by atoms with E-state index in [2.05, 4.69) is 9.88 Å². The van der Waals surface area contributed by atoms with E-state index in [1.165, 1.54) is 0 Å². The lowest BCUT2D eigenvalue weighted by Crippen LogP contribution is -2.57.